The zero-order valence-electron chi connectivity index (χ0n) is 8.66. The number of hydrogen-bond acceptors (Lipinski definition) is 3. The van der Waals surface area contributed by atoms with Crippen molar-refractivity contribution in [2.45, 2.75) is 38.8 Å². The Balaban J connectivity index is 2.03. The first-order chi connectivity index (χ1) is 6.18. The van der Waals surface area contributed by atoms with Crippen LogP contribution in [0.2, 0.25) is 0 Å². The smallest absolute Gasteiger partial charge is 0.0561 e. The summed E-state index contributed by atoms with van der Waals surface area (Å²) in [5, 5.41) is 0. The van der Waals surface area contributed by atoms with Crippen LogP contribution >= 0.6 is 0 Å². The average Bonchev–Trinajstić information content (AvgIpc) is 2.51. The van der Waals surface area contributed by atoms with Crippen LogP contribution in [0.4, 0.5) is 0 Å². The fourth-order valence-corrected chi connectivity index (χ4v) is 1.61. The number of ether oxygens (including phenoxy) is 2. The molecular formula is C10H21NO2. The van der Waals surface area contributed by atoms with E-state index in [1.807, 2.05) is 6.92 Å². The van der Waals surface area contributed by atoms with Crippen LogP contribution in [0.5, 0.6) is 0 Å². The zero-order chi connectivity index (χ0) is 9.68. The van der Waals surface area contributed by atoms with Gasteiger partial charge >= 0.3 is 0 Å². The molecule has 3 atom stereocenters. The molecule has 1 rings (SSSR count). The molecule has 1 heterocycles. The second-order valence-electron chi connectivity index (χ2n) is 4.09. The minimum Gasteiger partial charge on any atom is -0.381 e. The Morgan fingerprint density at radius 3 is 2.85 bits per heavy atom. The van der Waals surface area contributed by atoms with Crippen LogP contribution in [0.15, 0.2) is 0 Å². The van der Waals surface area contributed by atoms with Crippen molar-refractivity contribution in [3.05, 3.63) is 0 Å². The van der Waals surface area contributed by atoms with Gasteiger partial charge in [-0.15, -0.1) is 0 Å². The third-order valence-corrected chi connectivity index (χ3v) is 2.34. The lowest BCUT2D eigenvalue weighted by Crippen LogP contribution is -2.24. The van der Waals surface area contributed by atoms with E-state index in [-0.39, 0.29) is 12.1 Å². The topological polar surface area (TPSA) is 44.5 Å². The summed E-state index contributed by atoms with van der Waals surface area (Å²) in [4.78, 5) is 0. The molecule has 0 saturated carbocycles. The van der Waals surface area contributed by atoms with E-state index in [1.165, 1.54) is 0 Å². The first-order valence-corrected chi connectivity index (χ1v) is 5.13. The minimum atomic E-state index is 0.231. The maximum Gasteiger partial charge on any atom is 0.0561 e. The third kappa shape index (κ3) is 4.60. The maximum absolute atomic E-state index is 5.68. The van der Waals surface area contributed by atoms with Crippen LogP contribution < -0.4 is 5.73 Å². The lowest BCUT2D eigenvalue weighted by molar-refractivity contribution is 0.0295. The molecule has 78 valence electrons. The van der Waals surface area contributed by atoms with Crippen LogP contribution in [0.3, 0.4) is 0 Å². The first-order valence-electron chi connectivity index (χ1n) is 5.13. The van der Waals surface area contributed by atoms with Crippen LogP contribution in [-0.4, -0.2) is 32.0 Å². The van der Waals surface area contributed by atoms with Crippen molar-refractivity contribution < 1.29 is 9.47 Å². The van der Waals surface area contributed by atoms with Gasteiger partial charge < -0.3 is 15.2 Å². The Hall–Kier alpha value is -0.120. The van der Waals surface area contributed by atoms with E-state index in [0.29, 0.717) is 5.92 Å². The van der Waals surface area contributed by atoms with Crippen LogP contribution in [0.25, 0.3) is 0 Å². The molecule has 1 saturated heterocycles. The minimum absolute atomic E-state index is 0.231. The summed E-state index contributed by atoms with van der Waals surface area (Å²) in [6.07, 6.45) is 2.36. The van der Waals surface area contributed by atoms with Crippen molar-refractivity contribution >= 4 is 0 Å². The number of nitrogens with two attached hydrogens (primary N) is 1. The molecule has 0 aromatic carbocycles. The molecule has 0 aliphatic carbocycles. The van der Waals surface area contributed by atoms with Gasteiger partial charge in [-0.3, -0.25) is 0 Å². The molecule has 0 radical (unpaired) electrons. The molecule has 13 heavy (non-hydrogen) atoms. The second kappa shape index (κ2) is 5.58. The van der Waals surface area contributed by atoms with E-state index >= 15 is 0 Å². The van der Waals surface area contributed by atoms with E-state index in [0.717, 1.165) is 32.7 Å². The molecule has 3 heteroatoms. The average molecular weight is 187 g/mol. The highest BCUT2D eigenvalue weighted by Gasteiger charge is 2.17. The number of rotatable bonds is 5. The van der Waals surface area contributed by atoms with Crippen molar-refractivity contribution in [2.75, 3.05) is 19.8 Å². The molecule has 0 spiro atoms. The van der Waals surface area contributed by atoms with E-state index in [4.69, 9.17) is 15.2 Å². The van der Waals surface area contributed by atoms with Crippen LogP contribution in [0, 0.1) is 5.92 Å². The predicted molar refractivity (Wildman–Crippen MR) is 52.6 cm³/mol. The van der Waals surface area contributed by atoms with Gasteiger partial charge in [-0.05, 0) is 26.7 Å². The largest absolute Gasteiger partial charge is 0.381 e. The lowest BCUT2D eigenvalue weighted by atomic mass is 10.1. The second-order valence-corrected chi connectivity index (χ2v) is 4.09. The molecule has 2 N–H and O–H groups in total. The summed E-state index contributed by atoms with van der Waals surface area (Å²) < 4.78 is 10.9. The van der Waals surface area contributed by atoms with Crippen molar-refractivity contribution in [1.29, 1.82) is 0 Å². The van der Waals surface area contributed by atoms with Gasteiger partial charge in [-0.2, -0.15) is 0 Å². The summed E-state index contributed by atoms with van der Waals surface area (Å²) in [5.41, 5.74) is 5.67. The van der Waals surface area contributed by atoms with E-state index in [2.05, 4.69) is 6.92 Å². The highest BCUT2D eigenvalue weighted by molar-refractivity contribution is 4.65. The third-order valence-electron chi connectivity index (χ3n) is 2.34. The Kier molecular flexibility index (Phi) is 4.70. The molecule has 0 aromatic heterocycles. The molecule has 0 aromatic rings. The Morgan fingerprint density at radius 1 is 1.54 bits per heavy atom. The van der Waals surface area contributed by atoms with Crippen molar-refractivity contribution in [1.82, 2.24) is 0 Å². The van der Waals surface area contributed by atoms with Crippen molar-refractivity contribution in [3.63, 3.8) is 0 Å². The van der Waals surface area contributed by atoms with E-state index in [1.54, 1.807) is 0 Å². The molecule has 3 nitrogen and oxygen atoms in total. The first kappa shape index (κ1) is 11.0. The standard InChI is InChI=1S/C10H21NO2/c1-8(11)5-9(2)13-7-10-3-4-12-6-10/h8-10H,3-7,11H2,1-2H3. The summed E-state index contributed by atoms with van der Waals surface area (Å²) in [6.45, 7) is 6.69. The van der Waals surface area contributed by atoms with Gasteiger partial charge in [-0.1, -0.05) is 0 Å². The quantitative estimate of drug-likeness (QED) is 0.702. The van der Waals surface area contributed by atoms with Crippen LogP contribution in [-0.2, 0) is 9.47 Å². The Labute approximate surface area is 80.6 Å². The number of hydrogen-bond donors (Lipinski definition) is 1. The predicted octanol–water partition coefficient (Wildman–Crippen LogP) is 1.17. The van der Waals surface area contributed by atoms with E-state index in [9.17, 15) is 0 Å². The van der Waals surface area contributed by atoms with Gasteiger partial charge in [0.25, 0.3) is 0 Å². The molecule has 0 amide bonds. The Bertz CT molecular complexity index is 133. The SMILES string of the molecule is CC(N)CC(C)OCC1CCOC1. The molecule has 1 aliphatic heterocycles. The monoisotopic (exact) mass is 187 g/mol. The van der Waals surface area contributed by atoms with Gasteiger partial charge in [0.2, 0.25) is 0 Å². The van der Waals surface area contributed by atoms with E-state index < -0.39 is 0 Å². The van der Waals surface area contributed by atoms with Gasteiger partial charge in [0.15, 0.2) is 0 Å². The Morgan fingerprint density at radius 2 is 2.31 bits per heavy atom. The van der Waals surface area contributed by atoms with Crippen molar-refractivity contribution in [3.8, 4) is 0 Å². The lowest BCUT2D eigenvalue weighted by Gasteiger charge is -2.17. The van der Waals surface area contributed by atoms with Crippen LogP contribution in [0.1, 0.15) is 26.7 Å². The molecule has 1 aliphatic rings. The summed E-state index contributed by atoms with van der Waals surface area (Å²) >= 11 is 0. The summed E-state index contributed by atoms with van der Waals surface area (Å²) in [7, 11) is 0. The molecular weight excluding hydrogens is 166 g/mol. The maximum atomic E-state index is 5.68. The van der Waals surface area contributed by atoms with Gasteiger partial charge in [0.1, 0.15) is 0 Å². The highest BCUT2D eigenvalue weighted by atomic mass is 16.5. The van der Waals surface area contributed by atoms with Gasteiger partial charge in [0.05, 0.1) is 19.3 Å². The van der Waals surface area contributed by atoms with Gasteiger partial charge in [-0.25, -0.2) is 0 Å². The molecule has 1 fully saturated rings. The summed E-state index contributed by atoms with van der Waals surface area (Å²) in [5.74, 6) is 0.607. The fourth-order valence-electron chi connectivity index (χ4n) is 1.61. The fraction of sp³-hybridized carbons (Fsp3) is 1.00. The molecule has 0 bridgehead atoms. The summed E-state index contributed by atoms with van der Waals surface area (Å²) in [6, 6.07) is 0.231. The van der Waals surface area contributed by atoms with Gasteiger partial charge in [0, 0.05) is 18.6 Å². The van der Waals surface area contributed by atoms with Crippen molar-refractivity contribution in [2.24, 2.45) is 11.7 Å². The molecule has 3 unspecified atom stereocenters. The zero-order valence-corrected chi connectivity index (χ0v) is 8.66. The highest BCUT2D eigenvalue weighted by Crippen LogP contribution is 2.14. The normalized spacial score (nSPS) is 27.5.